The first-order valence-electron chi connectivity index (χ1n) is 6.90. The van der Waals surface area contributed by atoms with Crippen molar-refractivity contribution in [2.24, 2.45) is 11.7 Å². The first kappa shape index (κ1) is 16.2. The van der Waals surface area contributed by atoms with E-state index >= 15 is 0 Å². The van der Waals surface area contributed by atoms with Gasteiger partial charge in [-0.15, -0.1) is 0 Å². The summed E-state index contributed by atoms with van der Waals surface area (Å²) in [6.07, 6.45) is -0.103. The largest absolute Gasteiger partial charge is 0.444 e. The molecule has 1 fully saturated rings. The van der Waals surface area contributed by atoms with Gasteiger partial charge in [-0.2, -0.15) is 0 Å². The Balaban J connectivity index is 2.66. The zero-order chi connectivity index (χ0) is 14.8. The molecule has 1 amide bonds. The van der Waals surface area contributed by atoms with E-state index in [0.717, 1.165) is 6.42 Å². The Morgan fingerprint density at radius 1 is 1.53 bits per heavy atom. The van der Waals surface area contributed by atoms with Gasteiger partial charge in [-0.25, -0.2) is 9.18 Å². The fourth-order valence-corrected chi connectivity index (χ4v) is 2.64. The number of carbonyl (C=O) groups excluding carboxylic acids is 1. The van der Waals surface area contributed by atoms with E-state index in [2.05, 4.69) is 0 Å². The number of hydrogen-bond acceptors (Lipinski definition) is 3. The SMILES string of the molecule is CC(C)(C)OC(=O)N1CC(CC(F)CN)CC1(C)C. The summed E-state index contributed by atoms with van der Waals surface area (Å²) in [6.45, 7) is 10.1. The molecule has 0 aromatic carbocycles. The minimum atomic E-state index is -0.987. The summed E-state index contributed by atoms with van der Waals surface area (Å²) < 4.78 is 18.8. The molecule has 1 rings (SSSR count). The Kier molecular flexibility index (Phi) is 4.82. The van der Waals surface area contributed by atoms with Crippen LogP contribution in [-0.2, 0) is 4.74 Å². The molecule has 0 spiro atoms. The molecular weight excluding hydrogens is 247 g/mol. The highest BCUT2D eigenvalue weighted by molar-refractivity contribution is 5.69. The fourth-order valence-electron chi connectivity index (χ4n) is 2.64. The van der Waals surface area contributed by atoms with Crippen LogP contribution in [0, 0.1) is 5.92 Å². The minimum absolute atomic E-state index is 0.0450. The molecule has 0 aliphatic carbocycles. The van der Waals surface area contributed by atoms with Crippen molar-refractivity contribution in [1.82, 2.24) is 4.90 Å². The van der Waals surface area contributed by atoms with Crippen molar-refractivity contribution in [1.29, 1.82) is 0 Å². The summed E-state index contributed by atoms with van der Waals surface area (Å²) in [5.74, 6) is 0.154. The van der Waals surface area contributed by atoms with E-state index in [4.69, 9.17) is 10.5 Å². The number of carbonyl (C=O) groups is 1. The van der Waals surface area contributed by atoms with Gasteiger partial charge in [0, 0.05) is 18.6 Å². The van der Waals surface area contributed by atoms with E-state index in [1.165, 1.54) is 0 Å². The maximum Gasteiger partial charge on any atom is 0.410 e. The zero-order valence-corrected chi connectivity index (χ0v) is 12.7. The van der Waals surface area contributed by atoms with Crippen molar-refractivity contribution in [3.63, 3.8) is 0 Å². The summed E-state index contributed by atoms with van der Waals surface area (Å²) in [5, 5.41) is 0. The van der Waals surface area contributed by atoms with E-state index in [1.54, 1.807) is 4.90 Å². The van der Waals surface area contributed by atoms with Gasteiger partial charge in [0.25, 0.3) is 0 Å². The molecule has 0 aromatic heterocycles. The number of likely N-dealkylation sites (tertiary alicyclic amines) is 1. The third-order valence-corrected chi connectivity index (χ3v) is 3.42. The summed E-state index contributed by atoms with van der Waals surface area (Å²) in [6, 6.07) is 0. The van der Waals surface area contributed by atoms with E-state index in [-0.39, 0.29) is 24.1 Å². The lowest BCUT2D eigenvalue weighted by Gasteiger charge is -2.33. The molecule has 2 atom stereocenters. The number of nitrogens with two attached hydrogens (primary N) is 1. The number of amides is 1. The topological polar surface area (TPSA) is 55.6 Å². The quantitative estimate of drug-likeness (QED) is 0.861. The molecule has 0 bridgehead atoms. The molecule has 0 saturated carbocycles. The molecule has 1 aliphatic rings. The lowest BCUT2D eigenvalue weighted by atomic mass is 9.93. The number of rotatable bonds is 3. The van der Waals surface area contributed by atoms with E-state index < -0.39 is 11.8 Å². The standard InChI is InChI=1S/C14H27FN2O2/c1-13(2,3)19-12(18)17-9-10(6-11(15)8-16)7-14(17,4)5/h10-11H,6-9,16H2,1-5H3. The van der Waals surface area contributed by atoms with E-state index in [1.807, 2.05) is 34.6 Å². The van der Waals surface area contributed by atoms with Crippen LogP contribution in [0.1, 0.15) is 47.5 Å². The normalized spacial score (nSPS) is 24.4. The second-order valence-electron chi connectivity index (χ2n) is 7.04. The maximum absolute atomic E-state index is 13.4. The zero-order valence-electron chi connectivity index (χ0n) is 12.7. The summed E-state index contributed by atoms with van der Waals surface area (Å²) in [4.78, 5) is 13.9. The van der Waals surface area contributed by atoms with Gasteiger partial charge >= 0.3 is 6.09 Å². The summed E-state index contributed by atoms with van der Waals surface area (Å²) in [7, 11) is 0. The van der Waals surface area contributed by atoms with Crippen LogP contribution < -0.4 is 5.73 Å². The van der Waals surface area contributed by atoms with E-state index in [0.29, 0.717) is 13.0 Å². The highest BCUT2D eigenvalue weighted by Gasteiger charge is 2.43. The number of nitrogens with zero attached hydrogens (tertiary/aromatic N) is 1. The average molecular weight is 274 g/mol. The number of halogens is 1. The van der Waals surface area contributed by atoms with Gasteiger partial charge in [0.05, 0.1) is 0 Å². The van der Waals surface area contributed by atoms with Crippen LogP contribution >= 0.6 is 0 Å². The molecule has 2 N–H and O–H groups in total. The maximum atomic E-state index is 13.4. The molecule has 19 heavy (non-hydrogen) atoms. The molecule has 0 radical (unpaired) electrons. The Hall–Kier alpha value is -0.840. The molecule has 1 aliphatic heterocycles. The van der Waals surface area contributed by atoms with Crippen LogP contribution in [0.5, 0.6) is 0 Å². The van der Waals surface area contributed by atoms with Crippen molar-refractivity contribution in [3.8, 4) is 0 Å². The van der Waals surface area contributed by atoms with Crippen molar-refractivity contribution in [2.45, 2.75) is 64.8 Å². The molecular formula is C14H27FN2O2. The second kappa shape index (κ2) is 5.65. The molecule has 5 heteroatoms. The van der Waals surface area contributed by atoms with Crippen molar-refractivity contribution >= 4 is 6.09 Å². The fraction of sp³-hybridized carbons (Fsp3) is 0.929. The van der Waals surface area contributed by atoms with Crippen LogP contribution in [-0.4, -0.2) is 41.4 Å². The number of alkyl halides is 1. The highest BCUT2D eigenvalue weighted by Crippen LogP contribution is 2.36. The molecule has 4 nitrogen and oxygen atoms in total. The summed E-state index contributed by atoms with van der Waals surface area (Å²) >= 11 is 0. The second-order valence-corrected chi connectivity index (χ2v) is 7.04. The first-order chi connectivity index (χ1) is 8.55. The molecule has 1 heterocycles. The third-order valence-electron chi connectivity index (χ3n) is 3.42. The molecule has 0 aromatic rings. The number of ether oxygens (including phenoxy) is 1. The van der Waals surface area contributed by atoms with Crippen LogP contribution in [0.3, 0.4) is 0 Å². The van der Waals surface area contributed by atoms with Gasteiger partial charge in [0.1, 0.15) is 11.8 Å². The van der Waals surface area contributed by atoms with Gasteiger partial charge in [-0.05, 0) is 53.4 Å². The van der Waals surface area contributed by atoms with Crippen molar-refractivity contribution < 1.29 is 13.9 Å². The Morgan fingerprint density at radius 2 is 2.11 bits per heavy atom. The smallest absolute Gasteiger partial charge is 0.410 e. The predicted molar refractivity (Wildman–Crippen MR) is 73.7 cm³/mol. The van der Waals surface area contributed by atoms with Gasteiger partial charge < -0.3 is 15.4 Å². The van der Waals surface area contributed by atoms with Gasteiger partial charge in [-0.3, -0.25) is 0 Å². The van der Waals surface area contributed by atoms with Gasteiger partial charge in [-0.1, -0.05) is 0 Å². The Labute approximate surface area is 115 Å². The van der Waals surface area contributed by atoms with E-state index in [9.17, 15) is 9.18 Å². The Morgan fingerprint density at radius 3 is 2.58 bits per heavy atom. The van der Waals surface area contributed by atoms with Crippen LogP contribution in [0.2, 0.25) is 0 Å². The van der Waals surface area contributed by atoms with Crippen LogP contribution in [0.4, 0.5) is 9.18 Å². The lowest BCUT2D eigenvalue weighted by molar-refractivity contribution is 0.0130. The van der Waals surface area contributed by atoms with Crippen LogP contribution in [0.25, 0.3) is 0 Å². The van der Waals surface area contributed by atoms with Crippen molar-refractivity contribution in [3.05, 3.63) is 0 Å². The third kappa shape index (κ3) is 4.64. The van der Waals surface area contributed by atoms with Crippen LogP contribution in [0.15, 0.2) is 0 Å². The highest BCUT2D eigenvalue weighted by atomic mass is 19.1. The first-order valence-corrected chi connectivity index (χ1v) is 6.90. The minimum Gasteiger partial charge on any atom is -0.444 e. The molecule has 1 saturated heterocycles. The molecule has 112 valence electrons. The van der Waals surface area contributed by atoms with Crippen molar-refractivity contribution in [2.75, 3.05) is 13.1 Å². The predicted octanol–water partition coefficient (Wildman–Crippen LogP) is 2.71. The average Bonchev–Trinajstić information content (AvgIpc) is 2.50. The lowest BCUT2D eigenvalue weighted by Crippen LogP contribution is -2.45. The molecule has 2 unspecified atom stereocenters. The monoisotopic (exact) mass is 274 g/mol. The summed E-state index contributed by atoms with van der Waals surface area (Å²) in [5.41, 5.74) is 4.52. The Bertz CT molecular complexity index is 326. The number of hydrogen-bond donors (Lipinski definition) is 1. The van der Waals surface area contributed by atoms with Gasteiger partial charge in [0.15, 0.2) is 0 Å². The van der Waals surface area contributed by atoms with Gasteiger partial charge in [0.2, 0.25) is 0 Å².